The van der Waals surface area contributed by atoms with Gasteiger partial charge in [0.05, 0.1) is 12.2 Å². The fraction of sp³-hybridized carbons (Fsp3) is 0.312. The quantitative estimate of drug-likeness (QED) is 0.871. The Balaban J connectivity index is 2.09. The van der Waals surface area contributed by atoms with Crippen LogP contribution < -0.4 is 10.1 Å². The lowest BCUT2D eigenvalue weighted by molar-refractivity contribution is -0.137. The molecule has 1 heterocycles. The van der Waals surface area contributed by atoms with Gasteiger partial charge < -0.3 is 10.1 Å². The predicted molar refractivity (Wildman–Crippen MR) is 78.9 cm³/mol. The van der Waals surface area contributed by atoms with Crippen LogP contribution in [0, 0.1) is 0 Å². The fourth-order valence-electron chi connectivity index (χ4n) is 2.01. The third-order valence-corrected chi connectivity index (χ3v) is 3.14. The van der Waals surface area contributed by atoms with Crippen molar-refractivity contribution in [1.29, 1.82) is 0 Å². The molecule has 2 rings (SSSR count). The number of alkyl halides is 3. The first-order chi connectivity index (χ1) is 10.4. The van der Waals surface area contributed by atoms with Crippen LogP contribution >= 0.6 is 0 Å². The highest BCUT2D eigenvalue weighted by Crippen LogP contribution is 2.30. The predicted octanol–water partition coefficient (Wildman–Crippen LogP) is 4.67. The first-order valence-electron chi connectivity index (χ1n) is 6.92. The van der Waals surface area contributed by atoms with E-state index in [-0.39, 0.29) is 11.9 Å². The minimum atomic E-state index is -4.37. The molecule has 1 aromatic carbocycles. The summed E-state index contributed by atoms with van der Waals surface area (Å²) in [6.07, 6.45) is -3.22. The van der Waals surface area contributed by atoms with Gasteiger partial charge in [-0.25, -0.2) is 4.98 Å². The summed E-state index contributed by atoms with van der Waals surface area (Å²) in [4.78, 5) is 3.93. The van der Waals surface area contributed by atoms with Crippen molar-refractivity contribution in [2.45, 2.75) is 26.1 Å². The molecule has 2 aromatic rings. The molecular weight excluding hydrogens is 293 g/mol. The second-order valence-corrected chi connectivity index (χ2v) is 4.80. The van der Waals surface area contributed by atoms with Gasteiger partial charge in [0.15, 0.2) is 0 Å². The number of anilines is 1. The Labute approximate surface area is 127 Å². The molecule has 0 fully saturated rings. The summed E-state index contributed by atoms with van der Waals surface area (Å²) < 4.78 is 43.4. The van der Waals surface area contributed by atoms with Crippen LogP contribution in [0.3, 0.4) is 0 Å². The molecule has 0 bridgehead atoms. The highest BCUT2D eigenvalue weighted by Gasteiger charge is 2.30. The molecule has 1 N–H and O–H groups in total. The van der Waals surface area contributed by atoms with Gasteiger partial charge in [-0.15, -0.1) is 0 Å². The Morgan fingerprint density at radius 1 is 1.18 bits per heavy atom. The molecule has 0 radical (unpaired) electrons. The maximum absolute atomic E-state index is 12.7. The van der Waals surface area contributed by atoms with E-state index < -0.39 is 11.7 Å². The van der Waals surface area contributed by atoms with Gasteiger partial charge in [0, 0.05) is 12.2 Å². The second kappa shape index (κ2) is 6.68. The smallest absolute Gasteiger partial charge is 0.416 e. The third-order valence-electron chi connectivity index (χ3n) is 3.14. The van der Waals surface area contributed by atoms with Crippen molar-refractivity contribution in [3.63, 3.8) is 0 Å². The average molecular weight is 310 g/mol. The zero-order valence-corrected chi connectivity index (χ0v) is 12.3. The van der Waals surface area contributed by atoms with E-state index in [4.69, 9.17) is 4.74 Å². The van der Waals surface area contributed by atoms with E-state index in [1.54, 1.807) is 0 Å². The molecule has 1 unspecified atom stereocenters. The van der Waals surface area contributed by atoms with Crippen LogP contribution in [-0.4, -0.2) is 11.6 Å². The number of benzene rings is 1. The SMILES string of the molecule is CCOc1ccc(C(C)Nc2cc(C(F)(F)F)ccn2)cc1. The molecule has 118 valence electrons. The second-order valence-electron chi connectivity index (χ2n) is 4.80. The molecule has 0 spiro atoms. The molecule has 1 atom stereocenters. The molecule has 3 nitrogen and oxygen atoms in total. The molecule has 0 aliphatic heterocycles. The van der Waals surface area contributed by atoms with Gasteiger partial charge in [0.25, 0.3) is 0 Å². The molecule has 6 heteroatoms. The summed E-state index contributed by atoms with van der Waals surface area (Å²) >= 11 is 0. The average Bonchev–Trinajstić information content (AvgIpc) is 2.48. The fourth-order valence-corrected chi connectivity index (χ4v) is 2.01. The number of hydrogen-bond acceptors (Lipinski definition) is 3. The number of hydrogen-bond donors (Lipinski definition) is 1. The number of pyridine rings is 1. The van der Waals surface area contributed by atoms with Gasteiger partial charge >= 0.3 is 6.18 Å². The standard InChI is InChI=1S/C16H17F3N2O/c1-3-22-14-6-4-12(5-7-14)11(2)21-15-10-13(8-9-20-15)16(17,18)19/h4-11H,3H2,1-2H3,(H,20,21). The Bertz CT molecular complexity index is 612. The van der Waals surface area contributed by atoms with Crippen molar-refractivity contribution in [1.82, 2.24) is 4.98 Å². The van der Waals surface area contributed by atoms with Crippen LogP contribution in [0.1, 0.15) is 31.0 Å². The molecule has 0 saturated heterocycles. The van der Waals surface area contributed by atoms with E-state index in [9.17, 15) is 13.2 Å². The molecular formula is C16H17F3N2O. The van der Waals surface area contributed by atoms with Crippen LogP contribution in [0.25, 0.3) is 0 Å². The van der Waals surface area contributed by atoms with Crippen LogP contribution in [0.5, 0.6) is 5.75 Å². The van der Waals surface area contributed by atoms with Gasteiger partial charge in [-0.05, 0) is 43.7 Å². The van der Waals surface area contributed by atoms with Crippen molar-refractivity contribution in [3.8, 4) is 5.75 Å². The number of ether oxygens (including phenoxy) is 1. The van der Waals surface area contributed by atoms with E-state index in [1.165, 1.54) is 0 Å². The van der Waals surface area contributed by atoms with Crippen molar-refractivity contribution in [2.75, 3.05) is 11.9 Å². The van der Waals surface area contributed by atoms with Crippen molar-refractivity contribution in [2.24, 2.45) is 0 Å². The maximum atomic E-state index is 12.7. The topological polar surface area (TPSA) is 34.1 Å². The first-order valence-corrected chi connectivity index (χ1v) is 6.92. The van der Waals surface area contributed by atoms with Crippen LogP contribution in [-0.2, 0) is 6.18 Å². The summed E-state index contributed by atoms with van der Waals surface area (Å²) in [6.45, 7) is 4.34. The van der Waals surface area contributed by atoms with Crippen LogP contribution in [0.2, 0.25) is 0 Å². The van der Waals surface area contributed by atoms with E-state index in [2.05, 4.69) is 10.3 Å². The Hall–Kier alpha value is -2.24. The van der Waals surface area contributed by atoms with E-state index in [0.29, 0.717) is 6.61 Å². The number of rotatable bonds is 5. The monoisotopic (exact) mass is 310 g/mol. The number of halogens is 3. The molecule has 0 amide bonds. The summed E-state index contributed by atoms with van der Waals surface area (Å²) in [6, 6.07) is 9.18. The van der Waals surface area contributed by atoms with Crippen molar-refractivity contribution in [3.05, 3.63) is 53.7 Å². The molecule has 0 aliphatic rings. The zero-order valence-electron chi connectivity index (χ0n) is 12.3. The third kappa shape index (κ3) is 4.13. The lowest BCUT2D eigenvalue weighted by Gasteiger charge is -2.16. The maximum Gasteiger partial charge on any atom is 0.416 e. The highest BCUT2D eigenvalue weighted by atomic mass is 19.4. The number of aromatic nitrogens is 1. The Kier molecular flexibility index (Phi) is 4.90. The summed E-state index contributed by atoms with van der Waals surface area (Å²) in [5.74, 6) is 0.951. The normalized spacial score (nSPS) is 12.8. The van der Waals surface area contributed by atoms with Gasteiger partial charge in [0.2, 0.25) is 0 Å². The van der Waals surface area contributed by atoms with Crippen LogP contribution in [0.4, 0.5) is 19.0 Å². The lowest BCUT2D eigenvalue weighted by atomic mass is 10.1. The first kappa shape index (κ1) is 16.1. The Morgan fingerprint density at radius 2 is 1.86 bits per heavy atom. The van der Waals surface area contributed by atoms with Crippen molar-refractivity contribution < 1.29 is 17.9 Å². The summed E-state index contributed by atoms with van der Waals surface area (Å²) in [5.41, 5.74) is 0.214. The van der Waals surface area contributed by atoms with Gasteiger partial charge in [0.1, 0.15) is 11.6 Å². The minimum Gasteiger partial charge on any atom is -0.494 e. The van der Waals surface area contributed by atoms with Gasteiger partial charge in [-0.3, -0.25) is 0 Å². The van der Waals surface area contributed by atoms with Crippen molar-refractivity contribution >= 4 is 5.82 Å². The minimum absolute atomic E-state index is 0.174. The van der Waals surface area contributed by atoms with E-state index in [1.807, 2.05) is 38.1 Å². The number of nitrogens with one attached hydrogen (secondary N) is 1. The largest absolute Gasteiger partial charge is 0.494 e. The summed E-state index contributed by atoms with van der Waals surface area (Å²) in [7, 11) is 0. The van der Waals surface area contributed by atoms with Crippen LogP contribution in [0.15, 0.2) is 42.6 Å². The summed E-state index contributed by atoms with van der Waals surface area (Å²) in [5, 5.41) is 2.97. The molecule has 22 heavy (non-hydrogen) atoms. The zero-order chi connectivity index (χ0) is 16.2. The molecule has 1 aromatic heterocycles. The molecule has 0 aliphatic carbocycles. The van der Waals surface area contributed by atoms with E-state index in [0.717, 1.165) is 29.6 Å². The van der Waals surface area contributed by atoms with Gasteiger partial charge in [-0.1, -0.05) is 12.1 Å². The highest BCUT2D eigenvalue weighted by molar-refractivity contribution is 5.42. The lowest BCUT2D eigenvalue weighted by Crippen LogP contribution is -2.10. The van der Waals surface area contributed by atoms with Gasteiger partial charge in [-0.2, -0.15) is 13.2 Å². The van der Waals surface area contributed by atoms with E-state index >= 15 is 0 Å². The molecule has 0 saturated carbocycles. The Morgan fingerprint density at radius 3 is 2.45 bits per heavy atom. The number of nitrogens with zero attached hydrogens (tertiary/aromatic N) is 1.